The van der Waals surface area contributed by atoms with E-state index >= 15 is 0 Å². The van der Waals surface area contributed by atoms with Crippen LogP contribution in [0.5, 0.6) is 0 Å². The Morgan fingerprint density at radius 3 is 2.54 bits per heavy atom. The van der Waals surface area contributed by atoms with Crippen molar-refractivity contribution in [1.29, 1.82) is 0 Å². The summed E-state index contributed by atoms with van der Waals surface area (Å²) in [6, 6.07) is 6.54. The molecule has 1 saturated heterocycles. The van der Waals surface area contributed by atoms with Crippen molar-refractivity contribution in [3.05, 3.63) is 41.1 Å². The molecule has 0 spiro atoms. The standard InChI is InChI=1S/C24H34N6O5S2Si2/c1-29-24(26-27-28-29)37-13-14-12-36-22-17(21(33)30(22)18(14)23(34)35-39(5,6)7)25-20(32)19(31)15-10-8-9-11-16(15)38(2,3)4/h8-11,17,19,22,31H,12-13H2,1-7H3,(H,25,32)/t17?,19?,22-/m0/s1. The lowest BCUT2D eigenvalue weighted by Crippen LogP contribution is -2.71. The summed E-state index contributed by atoms with van der Waals surface area (Å²) in [5, 5.41) is 26.2. The molecule has 1 fully saturated rings. The lowest BCUT2D eigenvalue weighted by Gasteiger charge is -2.50. The van der Waals surface area contributed by atoms with E-state index in [0.717, 1.165) is 10.8 Å². The number of benzene rings is 1. The number of nitrogens with one attached hydrogen (secondary N) is 1. The maximum absolute atomic E-state index is 13.4. The van der Waals surface area contributed by atoms with E-state index in [1.165, 1.54) is 33.1 Å². The normalized spacial score (nSPS) is 20.3. The maximum Gasteiger partial charge on any atom is 0.341 e. The first-order chi connectivity index (χ1) is 18.2. The Morgan fingerprint density at radius 2 is 1.92 bits per heavy atom. The van der Waals surface area contributed by atoms with Crippen molar-refractivity contribution in [3.63, 3.8) is 0 Å². The largest absolute Gasteiger partial charge is 0.515 e. The van der Waals surface area contributed by atoms with Crippen LogP contribution < -0.4 is 10.5 Å². The number of hydrogen-bond donors (Lipinski definition) is 2. The fourth-order valence-electron chi connectivity index (χ4n) is 4.40. The Balaban J connectivity index is 1.54. The number of carbonyl (C=O) groups is 3. The molecule has 1 aromatic heterocycles. The van der Waals surface area contributed by atoms with Crippen LogP contribution in [0.4, 0.5) is 0 Å². The summed E-state index contributed by atoms with van der Waals surface area (Å²) in [6.45, 7) is 12.1. The second-order valence-electron chi connectivity index (χ2n) is 11.5. The third-order valence-electron chi connectivity index (χ3n) is 6.21. The Morgan fingerprint density at radius 1 is 1.23 bits per heavy atom. The zero-order chi connectivity index (χ0) is 28.7. The second-order valence-corrected chi connectivity index (χ2v) is 23.0. The number of tetrazole rings is 1. The highest BCUT2D eigenvalue weighted by molar-refractivity contribution is 8.01. The highest BCUT2D eigenvalue weighted by Gasteiger charge is 2.55. The van der Waals surface area contributed by atoms with Gasteiger partial charge in [-0.3, -0.25) is 14.5 Å². The molecule has 3 atom stereocenters. The van der Waals surface area contributed by atoms with E-state index in [4.69, 9.17) is 4.43 Å². The zero-order valence-corrected chi connectivity index (χ0v) is 26.7. The quantitative estimate of drug-likeness (QED) is 0.246. The van der Waals surface area contributed by atoms with E-state index in [1.807, 2.05) is 31.8 Å². The fraction of sp³-hybridized carbons (Fsp3) is 0.500. The average molecular weight is 607 g/mol. The number of aliphatic hydroxyl groups excluding tert-OH is 1. The smallest absolute Gasteiger partial charge is 0.341 e. The number of thioether (sulfide) groups is 2. The Bertz CT molecular complexity index is 1320. The van der Waals surface area contributed by atoms with Crippen LogP contribution in [0.15, 0.2) is 40.7 Å². The van der Waals surface area contributed by atoms with E-state index < -0.39 is 51.7 Å². The molecule has 0 saturated carbocycles. The van der Waals surface area contributed by atoms with E-state index in [9.17, 15) is 19.5 Å². The summed E-state index contributed by atoms with van der Waals surface area (Å²) >= 11 is 2.83. The van der Waals surface area contributed by atoms with Crippen molar-refractivity contribution in [3.8, 4) is 0 Å². The molecule has 1 aromatic carbocycles. The van der Waals surface area contributed by atoms with Crippen molar-refractivity contribution in [1.82, 2.24) is 30.4 Å². The summed E-state index contributed by atoms with van der Waals surface area (Å²) in [5.41, 5.74) is 1.53. The highest BCUT2D eigenvalue weighted by Crippen LogP contribution is 2.42. The van der Waals surface area contributed by atoms with Gasteiger partial charge in [0.15, 0.2) is 6.10 Å². The number of aromatic nitrogens is 4. The summed E-state index contributed by atoms with van der Waals surface area (Å²) < 4.78 is 7.32. The molecule has 2 aliphatic rings. The summed E-state index contributed by atoms with van der Waals surface area (Å²) in [7, 11) is -2.36. The fourth-order valence-corrected chi connectivity index (χ4v) is 9.07. The third-order valence-corrected chi connectivity index (χ3v) is 11.5. The average Bonchev–Trinajstić information content (AvgIpc) is 3.27. The molecular weight excluding hydrogens is 573 g/mol. The number of aryl methyl sites for hydroxylation is 1. The van der Waals surface area contributed by atoms with Crippen LogP contribution in [0, 0.1) is 0 Å². The zero-order valence-electron chi connectivity index (χ0n) is 23.1. The van der Waals surface area contributed by atoms with Gasteiger partial charge in [0, 0.05) is 18.6 Å². The number of carbonyl (C=O) groups excluding carboxylic acids is 3. The Kier molecular flexibility index (Phi) is 8.47. The van der Waals surface area contributed by atoms with Gasteiger partial charge in [-0.1, -0.05) is 60.9 Å². The van der Waals surface area contributed by atoms with Crippen molar-refractivity contribution in [2.24, 2.45) is 7.05 Å². The number of rotatable bonds is 9. The van der Waals surface area contributed by atoms with Crippen LogP contribution in [0.25, 0.3) is 0 Å². The van der Waals surface area contributed by atoms with Gasteiger partial charge in [0.05, 0.1) is 8.07 Å². The van der Waals surface area contributed by atoms with Gasteiger partial charge >= 0.3 is 5.97 Å². The summed E-state index contributed by atoms with van der Waals surface area (Å²) in [4.78, 5) is 41.2. The molecule has 210 valence electrons. The monoisotopic (exact) mass is 606 g/mol. The first-order valence-corrected chi connectivity index (χ1v) is 21.5. The molecule has 0 radical (unpaired) electrons. The minimum atomic E-state index is -2.26. The van der Waals surface area contributed by atoms with Gasteiger partial charge in [-0.25, -0.2) is 9.48 Å². The first kappa shape index (κ1) is 29.5. The number of amides is 2. The SMILES string of the molecule is Cn1nnnc1SCC1=C(C(=O)O[Si](C)(C)C)N2C(=O)C(NC(=O)C(O)c3ccccc3[Si](C)(C)C)[C@@H]2SC1. The van der Waals surface area contributed by atoms with Crippen LogP contribution in [0.3, 0.4) is 0 Å². The van der Waals surface area contributed by atoms with Crippen LogP contribution in [-0.4, -0.2) is 87.3 Å². The molecule has 39 heavy (non-hydrogen) atoms. The molecule has 2 aromatic rings. The second kappa shape index (κ2) is 11.2. The van der Waals surface area contributed by atoms with Gasteiger partial charge in [0.25, 0.3) is 11.8 Å². The van der Waals surface area contributed by atoms with Crippen molar-refractivity contribution in [2.75, 3.05) is 11.5 Å². The maximum atomic E-state index is 13.4. The molecule has 2 aliphatic heterocycles. The van der Waals surface area contributed by atoms with E-state index in [0.29, 0.717) is 22.2 Å². The summed E-state index contributed by atoms with van der Waals surface area (Å²) in [5.74, 6) is -0.705. The van der Waals surface area contributed by atoms with Crippen molar-refractivity contribution < 1.29 is 23.9 Å². The van der Waals surface area contributed by atoms with Crippen molar-refractivity contribution >= 4 is 62.9 Å². The Hall–Kier alpha value is -2.47. The lowest BCUT2D eigenvalue weighted by atomic mass is 10.0. The van der Waals surface area contributed by atoms with Gasteiger partial charge in [-0.05, 0) is 41.2 Å². The molecule has 0 aliphatic carbocycles. The molecule has 2 N–H and O–H groups in total. The number of hydrogen-bond acceptors (Lipinski definition) is 10. The summed E-state index contributed by atoms with van der Waals surface area (Å²) in [6.07, 6.45) is -1.40. The van der Waals surface area contributed by atoms with Crippen LogP contribution >= 0.6 is 23.5 Å². The minimum absolute atomic E-state index is 0.226. The van der Waals surface area contributed by atoms with Crippen LogP contribution in [0.1, 0.15) is 11.7 Å². The number of aliphatic hydroxyl groups is 1. The van der Waals surface area contributed by atoms with Gasteiger partial charge in [0.1, 0.15) is 17.1 Å². The van der Waals surface area contributed by atoms with E-state index in [1.54, 1.807) is 19.2 Å². The predicted molar refractivity (Wildman–Crippen MR) is 155 cm³/mol. The van der Waals surface area contributed by atoms with Gasteiger partial charge in [-0.2, -0.15) is 0 Å². The predicted octanol–water partition coefficient (Wildman–Crippen LogP) is 1.61. The van der Waals surface area contributed by atoms with Gasteiger partial charge in [-0.15, -0.1) is 16.9 Å². The minimum Gasteiger partial charge on any atom is -0.515 e. The van der Waals surface area contributed by atoms with Gasteiger partial charge < -0.3 is 14.8 Å². The van der Waals surface area contributed by atoms with E-state index in [2.05, 4.69) is 40.5 Å². The molecule has 4 rings (SSSR count). The van der Waals surface area contributed by atoms with Gasteiger partial charge in [0.2, 0.25) is 13.5 Å². The topological polar surface area (TPSA) is 140 Å². The molecule has 0 bridgehead atoms. The lowest BCUT2D eigenvalue weighted by molar-refractivity contribution is -0.151. The molecule has 15 heteroatoms. The first-order valence-electron chi connectivity index (χ1n) is 12.5. The number of fused-ring (bicyclic) bond motifs is 1. The van der Waals surface area contributed by atoms with E-state index in [-0.39, 0.29) is 5.70 Å². The van der Waals surface area contributed by atoms with Crippen LogP contribution in [-0.2, 0) is 25.9 Å². The van der Waals surface area contributed by atoms with Crippen LogP contribution in [0.2, 0.25) is 39.3 Å². The molecule has 2 unspecified atom stereocenters. The number of nitrogens with zero attached hydrogens (tertiary/aromatic N) is 5. The molecular formula is C24H34N6O5S2Si2. The Labute approximate surface area is 238 Å². The van der Waals surface area contributed by atoms with Crippen molar-refractivity contribution in [2.45, 2.75) is 62.0 Å². The molecule has 3 heterocycles. The number of β-lactam (4-membered cyclic amide) rings is 1. The molecule has 2 amide bonds. The third kappa shape index (κ3) is 6.32. The highest BCUT2D eigenvalue weighted by atomic mass is 32.2. The molecule has 11 nitrogen and oxygen atoms in total.